The van der Waals surface area contributed by atoms with Gasteiger partial charge >= 0.3 is 0 Å². The Morgan fingerprint density at radius 1 is 1.43 bits per heavy atom. The van der Waals surface area contributed by atoms with Crippen LogP contribution in [0.5, 0.6) is 0 Å². The van der Waals surface area contributed by atoms with Crippen LogP contribution in [0.1, 0.15) is 25.0 Å². The lowest BCUT2D eigenvalue weighted by Crippen LogP contribution is -2.20. The standard InChI is InChI=1S/C11H19NOS/c1-9(2)13-5-4-12-6-11-8-14-7-10(11)3/h7-9,12H,4-6H2,1-3H3. The third-order valence-electron chi connectivity index (χ3n) is 2.01. The summed E-state index contributed by atoms with van der Waals surface area (Å²) in [6.07, 6.45) is 0.333. The van der Waals surface area contributed by atoms with Crippen LogP contribution in [0.15, 0.2) is 10.8 Å². The molecule has 0 radical (unpaired) electrons. The molecule has 1 N–H and O–H groups in total. The van der Waals surface area contributed by atoms with Crippen molar-refractivity contribution >= 4 is 11.3 Å². The van der Waals surface area contributed by atoms with Crippen molar-refractivity contribution in [2.45, 2.75) is 33.4 Å². The first kappa shape index (κ1) is 11.7. The van der Waals surface area contributed by atoms with E-state index in [-0.39, 0.29) is 0 Å². The average Bonchev–Trinajstić information content (AvgIpc) is 2.51. The maximum Gasteiger partial charge on any atom is 0.0594 e. The van der Waals surface area contributed by atoms with Crippen LogP contribution in [0.2, 0.25) is 0 Å². The Morgan fingerprint density at radius 2 is 2.21 bits per heavy atom. The number of thiophene rings is 1. The predicted molar refractivity (Wildman–Crippen MR) is 61.9 cm³/mol. The third-order valence-corrected chi connectivity index (χ3v) is 2.92. The van der Waals surface area contributed by atoms with Crippen LogP contribution >= 0.6 is 11.3 Å². The Balaban J connectivity index is 2.08. The highest BCUT2D eigenvalue weighted by molar-refractivity contribution is 7.08. The van der Waals surface area contributed by atoms with E-state index in [1.165, 1.54) is 11.1 Å². The summed E-state index contributed by atoms with van der Waals surface area (Å²) in [7, 11) is 0. The molecule has 0 fully saturated rings. The highest BCUT2D eigenvalue weighted by Gasteiger charge is 1.98. The van der Waals surface area contributed by atoms with E-state index in [0.29, 0.717) is 6.10 Å². The summed E-state index contributed by atoms with van der Waals surface area (Å²) >= 11 is 1.76. The minimum absolute atomic E-state index is 0.333. The van der Waals surface area contributed by atoms with Crippen LogP contribution in [-0.2, 0) is 11.3 Å². The first-order valence-electron chi connectivity index (χ1n) is 5.04. The molecule has 1 aromatic heterocycles. The molecular weight excluding hydrogens is 194 g/mol. The fourth-order valence-corrected chi connectivity index (χ4v) is 2.01. The molecule has 0 bridgehead atoms. The Bertz CT molecular complexity index is 258. The van der Waals surface area contributed by atoms with Gasteiger partial charge in [-0.05, 0) is 42.7 Å². The van der Waals surface area contributed by atoms with Crippen molar-refractivity contribution < 1.29 is 4.74 Å². The Labute approximate surface area is 90.3 Å². The van der Waals surface area contributed by atoms with Gasteiger partial charge in [-0.25, -0.2) is 0 Å². The second-order valence-electron chi connectivity index (χ2n) is 3.68. The molecule has 0 saturated heterocycles. The van der Waals surface area contributed by atoms with E-state index in [4.69, 9.17) is 4.74 Å². The van der Waals surface area contributed by atoms with E-state index >= 15 is 0 Å². The van der Waals surface area contributed by atoms with Crippen LogP contribution in [0.25, 0.3) is 0 Å². The maximum absolute atomic E-state index is 5.43. The highest BCUT2D eigenvalue weighted by Crippen LogP contribution is 2.12. The number of hydrogen-bond donors (Lipinski definition) is 1. The minimum Gasteiger partial charge on any atom is -0.377 e. The van der Waals surface area contributed by atoms with E-state index < -0.39 is 0 Å². The highest BCUT2D eigenvalue weighted by atomic mass is 32.1. The van der Waals surface area contributed by atoms with Gasteiger partial charge in [-0.15, -0.1) is 0 Å². The molecule has 3 heteroatoms. The monoisotopic (exact) mass is 213 g/mol. The lowest BCUT2D eigenvalue weighted by molar-refractivity contribution is 0.0807. The van der Waals surface area contributed by atoms with Crippen LogP contribution in [0.3, 0.4) is 0 Å². The van der Waals surface area contributed by atoms with E-state index in [1.54, 1.807) is 11.3 Å². The van der Waals surface area contributed by atoms with E-state index in [0.717, 1.165) is 19.7 Å². The molecule has 0 aromatic carbocycles. The normalized spacial score (nSPS) is 11.1. The topological polar surface area (TPSA) is 21.3 Å². The number of aryl methyl sites for hydroxylation is 1. The number of nitrogens with one attached hydrogen (secondary N) is 1. The minimum atomic E-state index is 0.333. The lowest BCUT2D eigenvalue weighted by Gasteiger charge is -2.08. The average molecular weight is 213 g/mol. The van der Waals surface area contributed by atoms with E-state index in [9.17, 15) is 0 Å². The van der Waals surface area contributed by atoms with Crippen LogP contribution < -0.4 is 5.32 Å². The number of hydrogen-bond acceptors (Lipinski definition) is 3. The summed E-state index contributed by atoms with van der Waals surface area (Å²) < 4.78 is 5.43. The van der Waals surface area contributed by atoms with Gasteiger partial charge in [0.2, 0.25) is 0 Å². The fourth-order valence-electron chi connectivity index (χ4n) is 1.16. The molecule has 80 valence electrons. The molecular formula is C11H19NOS. The molecule has 0 atom stereocenters. The number of ether oxygens (including phenoxy) is 1. The van der Waals surface area contributed by atoms with Gasteiger partial charge in [-0.3, -0.25) is 0 Å². The molecule has 0 spiro atoms. The Morgan fingerprint density at radius 3 is 2.79 bits per heavy atom. The zero-order valence-electron chi connectivity index (χ0n) is 9.17. The van der Waals surface area contributed by atoms with Crippen molar-refractivity contribution in [3.8, 4) is 0 Å². The summed E-state index contributed by atoms with van der Waals surface area (Å²) in [4.78, 5) is 0. The Hall–Kier alpha value is -0.380. The molecule has 2 nitrogen and oxygen atoms in total. The fraction of sp³-hybridized carbons (Fsp3) is 0.636. The molecule has 0 aliphatic carbocycles. The molecule has 1 rings (SSSR count). The Kier molecular flexibility index (Phi) is 5.15. The van der Waals surface area contributed by atoms with Gasteiger partial charge in [0.25, 0.3) is 0 Å². The molecule has 0 saturated carbocycles. The van der Waals surface area contributed by atoms with Gasteiger partial charge in [-0.2, -0.15) is 11.3 Å². The quantitative estimate of drug-likeness (QED) is 0.733. The van der Waals surface area contributed by atoms with Crippen LogP contribution in [-0.4, -0.2) is 19.3 Å². The molecule has 14 heavy (non-hydrogen) atoms. The molecule has 0 unspecified atom stereocenters. The van der Waals surface area contributed by atoms with Gasteiger partial charge in [0.15, 0.2) is 0 Å². The second kappa shape index (κ2) is 6.17. The summed E-state index contributed by atoms with van der Waals surface area (Å²) in [5.41, 5.74) is 2.78. The summed E-state index contributed by atoms with van der Waals surface area (Å²) in [5.74, 6) is 0. The molecule has 0 aliphatic rings. The van der Waals surface area contributed by atoms with Crippen molar-refractivity contribution in [2.24, 2.45) is 0 Å². The first-order chi connectivity index (χ1) is 6.70. The number of rotatable bonds is 6. The zero-order valence-corrected chi connectivity index (χ0v) is 9.99. The lowest BCUT2D eigenvalue weighted by atomic mass is 10.2. The van der Waals surface area contributed by atoms with Crippen molar-refractivity contribution in [3.63, 3.8) is 0 Å². The maximum atomic E-state index is 5.43. The van der Waals surface area contributed by atoms with Gasteiger partial charge in [0.05, 0.1) is 12.7 Å². The molecule has 0 amide bonds. The van der Waals surface area contributed by atoms with Crippen molar-refractivity contribution in [3.05, 3.63) is 21.9 Å². The molecule has 0 aliphatic heterocycles. The molecule has 1 heterocycles. The van der Waals surface area contributed by atoms with Crippen molar-refractivity contribution in [1.82, 2.24) is 5.32 Å². The van der Waals surface area contributed by atoms with Crippen molar-refractivity contribution in [1.29, 1.82) is 0 Å². The third kappa shape index (κ3) is 4.22. The summed E-state index contributed by atoms with van der Waals surface area (Å²) in [6, 6.07) is 0. The largest absolute Gasteiger partial charge is 0.377 e. The molecule has 1 aromatic rings. The SMILES string of the molecule is Cc1cscc1CNCCOC(C)C. The zero-order chi connectivity index (χ0) is 10.4. The van der Waals surface area contributed by atoms with E-state index in [2.05, 4.69) is 36.8 Å². The van der Waals surface area contributed by atoms with E-state index in [1.807, 2.05) is 0 Å². The van der Waals surface area contributed by atoms with Crippen molar-refractivity contribution in [2.75, 3.05) is 13.2 Å². The van der Waals surface area contributed by atoms with Gasteiger partial charge in [-0.1, -0.05) is 0 Å². The summed E-state index contributed by atoms with van der Waals surface area (Å²) in [5, 5.41) is 7.75. The smallest absolute Gasteiger partial charge is 0.0594 e. The van der Waals surface area contributed by atoms with Crippen LogP contribution in [0, 0.1) is 6.92 Å². The van der Waals surface area contributed by atoms with Gasteiger partial charge in [0.1, 0.15) is 0 Å². The van der Waals surface area contributed by atoms with Gasteiger partial charge < -0.3 is 10.1 Å². The summed E-state index contributed by atoms with van der Waals surface area (Å²) in [6.45, 7) is 8.94. The predicted octanol–water partition coefficient (Wildman–Crippen LogP) is 2.57. The first-order valence-corrected chi connectivity index (χ1v) is 5.98. The van der Waals surface area contributed by atoms with Gasteiger partial charge in [0, 0.05) is 13.1 Å². The van der Waals surface area contributed by atoms with Crippen LogP contribution in [0.4, 0.5) is 0 Å². The second-order valence-corrected chi connectivity index (χ2v) is 4.42.